The number of phenolic OH excluding ortho intramolecular Hbond substituents is 1. The number of nitrogens with zero attached hydrogens (tertiary/aromatic N) is 1. The Bertz CT molecular complexity index is 751. The first-order valence-corrected chi connectivity index (χ1v) is 8.86. The minimum absolute atomic E-state index is 0.0686. The number of rotatable bonds is 4. The number of aromatic hydroxyl groups is 1. The number of β-lactam (4-membered cyclic amide) rings is 1. The van der Waals surface area contributed by atoms with Gasteiger partial charge in [0.05, 0.1) is 0 Å². The lowest BCUT2D eigenvalue weighted by Crippen LogP contribution is -2.71. The standard InChI is InChI=1S/C17H20N3O5S/c1-17(2)12(16(24)25-3)20-14(23)11(15(20)26-17)19-13(22)10(18)8-4-6-9(21)7-5-8/h4-7,10-12,15,21H,3,18H2,1-2H3,(H,19,22)/t10-,11?,12?,15?/m1/s1. The molecule has 9 heteroatoms. The van der Waals surface area contributed by atoms with Crippen LogP contribution in [-0.4, -0.2) is 50.0 Å². The summed E-state index contributed by atoms with van der Waals surface area (Å²) in [6.45, 7) is 3.68. The van der Waals surface area contributed by atoms with Crippen LogP contribution in [0.1, 0.15) is 25.5 Å². The molecule has 0 saturated carbocycles. The molecule has 0 aliphatic carbocycles. The van der Waals surface area contributed by atoms with Crippen molar-refractivity contribution in [3.05, 3.63) is 36.9 Å². The van der Waals surface area contributed by atoms with E-state index in [1.54, 1.807) is 12.1 Å². The normalized spacial score (nSPS) is 27.3. The summed E-state index contributed by atoms with van der Waals surface area (Å²) in [5, 5.41) is 11.6. The smallest absolute Gasteiger partial charge is 0.330 e. The first-order chi connectivity index (χ1) is 12.2. The van der Waals surface area contributed by atoms with Gasteiger partial charge in [-0.3, -0.25) is 9.59 Å². The number of hydrogen-bond donors (Lipinski definition) is 3. The molecule has 2 saturated heterocycles. The minimum atomic E-state index is -0.975. The monoisotopic (exact) mass is 378 g/mol. The number of carbonyl (C=O) groups is 3. The summed E-state index contributed by atoms with van der Waals surface area (Å²) in [7, 11) is 3.13. The summed E-state index contributed by atoms with van der Waals surface area (Å²) in [6.07, 6.45) is 0. The maximum absolute atomic E-state index is 12.5. The molecule has 0 spiro atoms. The number of benzene rings is 1. The van der Waals surface area contributed by atoms with Crippen molar-refractivity contribution < 1.29 is 24.2 Å². The Morgan fingerprint density at radius 2 is 2.00 bits per heavy atom. The molecule has 0 aromatic heterocycles. The summed E-state index contributed by atoms with van der Waals surface area (Å²) >= 11 is 1.42. The molecule has 1 radical (unpaired) electrons. The predicted molar refractivity (Wildman–Crippen MR) is 94.5 cm³/mol. The van der Waals surface area contributed by atoms with Crippen LogP contribution in [-0.2, 0) is 19.1 Å². The van der Waals surface area contributed by atoms with Gasteiger partial charge in [-0.2, -0.15) is 0 Å². The Morgan fingerprint density at radius 3 is 2.58 bits per heavy atom. The van der Waals surface area contributed by atoms with Crippen LogP contribution in [0, 0.1) is 7.11 Å². The molecule has 2 aliphatic rings. The van der Waals surface area contributed by atoms with Crippen LogP contribution in [0.4, 0.5) is 0 Å². The molecule has 1 aromatic carbocycles. The van der Waals surface area contributed by atoms with Crippen molar-refractivity contribution in [3.8, 4) is 5.75 Å². The summed E-state index contributed by atoms with van der Waals surface area (Å²) in [4.78, 5) is 38.3. The third-order valence-corrected chi connectivity index (χ3v) is 6.21. The van der Waals surface area contributed by atoms with Gasteiger partial charge in [-0.05, 0) is 31.5 Å². The zero-order chi connectivity index (χ0) is 19.2. The number of esters is 1. The number of phenols is 1. The van der Waals surface area contributed by atoms with Crippen molar-refractivity contribution in [1.82, 2.24) is 10.2 Å². The van der Waals surface area contributed by atoms with E-state index in [1.165, 1.54) is 28.8 Å². The van der Waals surface area contributed by atoms with Gasteiger partial charge < -0.3 is 25.8 Å². The van der Waals surface area contributed by atoms with Gasteiger partial charge >= 0.3 is 5.97 Å². The summed E-state index contributed by atoms with van der Waals surface area (Å²) in [5.74, 6) is -1.37. The second kappa shape index (κ2) is 6.48. The Morgan fingerprint density at radius 1 is 1.38 bits per heavy atom. The highest BCUT2D eigenvalue weighted by Crippen LogP contribution is 2.51. The van der Waals surface area contributed by atoms with Gasteiger partial charge in [0.1, 0.15) is 36.4 Å². The summed E-state index contributed by atoms with van der Waals surface area (Å²) < 4.78 is 4.01. The maximum atomic E-state index is 12.5. The molecular weight excluding hydrogens is 358 g/mol. The van der Waals surface area contributed by atoms with Gasteiger partial charge in [-0.1, -0.05) is 12.1 Å². The molecule has 2 amide bonds. The largest absolute Gasteiger partial charge is 0.508 e. The average molecular weight is 378 g/mol. The molecule has 1 aromatic rings. The number of ether oxygens (including phenoxy) is 1. The molecule has 3 unspecified atom stereocenters. The first kappa shape index (κ1) is 18.5. The highest BCUT2D eigenvalue weighted by molar-refractivity contribution is 8.01. The van der Waals surface area contributed by atoms with Gasteiger partial charge in [0.25, 0.3) is 0 Å². The van der Waals surface area contributed by atoms with Crippen LogP contribution in [0.5, 0.6) is 5.75 Å². The lowest BCUT2D eigenvalue weighted by molar-refractivity contribution is -0.161. The fraction of sp³-hybridized carbons (Fsp3) is 0.412. The van der Waals surface area contributed by atoms with Gasteiger partial charge in [0.15, 0.2) is 0 Å². The predicted octanol–water partition coefficient (Wildman–Crippen LogP) is 0.274. The fourth-order valence-corrected chi connectivity index (χ4v) is 4.90. The number of hydrogen-bond acceptors (Lipinski definition) is 7. The Kier molecular flexibility index (Phi) is 4.61. The van der Waals surface area contributed by atoms with Gasteiger partial charge in [-0.15, -0.1) is 11.8 Å². The van der Waals surface area contributed by atoms with E-state index in [4.69, 9.17) is 5.73 Å². The minimum Gasteiger partial charge on any atom is -0.508 e. The molecule has 139 valence electrons. The zero-order valence-electron chi connectivity index (χ0n) is 14.3. The van der Waals surface area contributed by atoms with Crippen LogP contribution in [0.25, 0.3) is 0 Å². The third-order valence-electron chi connectivity index (χ3n) is 4.64. The molecule has 2 heterocycles. The highest BCUT2D eigenvalue weighted by Gasteiger charge is 2.64. The number of thioether (sulfide) groups is 1. The van der Waals surface area contributed by atoms with Crippen molar-refractivity contribution in [1.29, 1.82) is 0 Å². The molecule has 4 atom stereocenters. The van der Waals surface area contributed by atoms with E-state index in [-0.39, 0.29) is 17.0 Å². The van der Waals surface area contributed by atoms with E-state index in [0.29, 0.717) is 5.56 Å². The fourth-order valence-electron chi connectivity index (χ4n) is 3.28. The number of nitrogens with one attached hydrogen (secondary N) is 1. The van der Waals surface area contributed by atoms with Crippen molar-refractivity contribution >= 4 is 29.5 Å². The van der Waals surface area contributed by atoms with Crippen LogP contribution in [0.3, 0.4) is 0 Å². The number of nitrogens with two attached hydrogens (primary N) is 1. The lowest BCUT2D eigenvalue weighted by Gasteiger charge is -2.44. The third kappa shape index (κ3) is 2.90. The molecule has 2 aliphatic heterocycles. The molecule has 2 fully saturated rings. The van der Waals surface area contributed by atoms with E-state index in [0.717, 1.165) is 0 Å². The molecular formula is C17H20N3O5S. The van der Waals surface area contributed by atoms with Crippen molar-refractivity contribution in [3.63, 3.8) is 0 Å². The molecule has 4 N–H and O–H groups in total. The molecule has 26 heavy (non-hydrogen) atoms. The maximum Gasteiger partial charge on any atom is 0.330 e. The Labute approximate surface area is 155 Å². The SMILES string of the molecule is [CH2]OC(=O)C1N2C(=O)C(NC(=O)[C@H](N)c3ccc(O)cc3)C2SC1(C)C. The quantitative estimate of drug-likeness (QED) is 0.508. The topological polar surface area (TPSA) is 122 Å². The summed E-state index contributed by atoms with van der Waals surface area (Å²) in [5.41, 5.74) is 6.46. The van der Waals surface area contributed by atoms with Crippen LogP contribution in [0.15, 0.2) is 24.3 Å². The van der Waals surface area contributed by atoms with Crippen molar-refractivity contribution in [2.45, 2.75) is 42.1 Å². The van der Waals surface area contributed by atoms with E-state index in [2.05, 4.69) is 17.2 Å². The summed E-state index contributed by atoms with van der Waals surface area (Å²) in [6, 6.07) is 3.48. The van der Waals surface area contributed by atoms with Crippen molar-refractivity contribution in [2.24, 2.45) is 5.73 Å². The van der Waals surface area contributed by atoms with Crippen molar-refractivity contribution in [2.75, 3.05) is 0 Å². The number of fused-ring (bicyclic) bond motifs is 1. The van der Waals surface area contributed by atoms with Gasteiger partial charge in [0.2, 0.25) is 11.8 Å². The van der Waals surface area contributed by atoms with Gasteiger partial charge in [-0.25, -0.2) is 4.79 Å². The molecule has 8 nitrogen and oxygen atoms in total. The second-order valence-electron chi connectivity index (χ2n) is 6.78. The zero-order valence-corrected chi connectivity index (χ0v) is 15.2. The van der Waals surface area contributed by atoms with Crippen LogP contribution >= 0.6 is 11.8 Å². The van der Waals surface area contributed by atoms with Gasteiger partial charge in [0, 0.05) is 4.75 Å². The molecule has 0 bridgehead atoms. The first-order valence-electron chi connectivity index (χ1n) is 7.98. The van der Waals surface area contributed by atoms with E-state index < -0.39 is 34.7 Å². The highest BCUT2D eigenvalue weighted by atomic mass is 32.2. The number of carbonyl (C=O) groups excluding carboxylic acids is 3. The van der Waals surface area contributed by atoms with E-state index >= 15 is 0 Å². The lowest BCUT2D eigenvalue weighted by atomic mass is 9.95. The second-order valence-corrected chi connectivity index (χ2v) is 8.55. The average Bonchev–Trinajstić information content (AvgIpc) is 2.86. The Hall–Kier alpha value is -2.26. The Balaban J connectivity index is 1.71. The van der Waals surface area contributed by atoms with Crippen LogP contribution < -0.4 is 11.1 Å². The number of amides is 2. The molecule has 3 rings (SSSR count). The van der Waals surface area contributed by atoms with Crippen LogP contribution in [0.2, 0.25) is 0 Å². The van der Waals surface area contributed by atoms with E-state index in [1.807, 2.05) is 13.8 Å². The van der Waals surface area contributed by atoms with E-state index in [9.17, 15) is 19.5 Å².